The molecule has 2 aromatic carbocycles. The van der Waals surface area contributed by atoms with Gasteiger partial charge in [0.15, 0.2) is 0 Å². The van der Waals surface area contributed by atoms with Gasteiger partial charge >= 0.3 is 0 Å². The van der Waals surface area contributed by atoms with E-state index in [1.54, 1.807) is 4.90 Å². The Balaban J connectivity index is 1.82. The summed E-state index contributed by atoms with van der Waals surface area (Å²) in [5.41, 5.74) is 0.362. The molecule has 0 bridgehead atoms. The first kappa shape index (κ1) is 20.4. The van der Waals surface area contributed by atoms with Crippen LogP contribution in [0.15, 0.2) is 36.4 Å². The van der Waals surface area contributed by atoms with Crippen LogP contribution in [0.4, 0.5) is 17.1 Å². The van der Waals surface area contributed by atoms with Gasteiger partial charge in [-0.15, -0.1) is 0 Å². The van der Waals surface area contributed by atoms with E-state index in [-0.39, 0.29) is 28.6 Å². The molecule has 1 heterocycles. The summed E-state index contributed by atoms with van der Waals surface area (Å²) in [5, 5.41) is 24.2. The van der Waals surface area contributed by atoms with Crippen molar-refractivity contribution in [2.75, 3.05) is 36.4 Å². The molecule has 2 amide bonds. The van der Waals surface area contributed by atoms with Crippen LogP contribution in [0.5, 0.6) is 5.75 Å². The number of nitro groups is 1. The maximum absolute atomic E-state index is 12.5. The van der Waals surface area contributed by atoms with E-state index < -0.39 is 10.8 Å². The lowest BCUT2D eigenvalue weighted by Gasteiger charge is -2.35. The summed E-state index contributed by atoms with van der Waals surface area (Å²) in [6, 6.07) is 8.39. The molecule has 1 aliphatic rings. The van der Waals surface area contributed by atoms with Gasteiger partial charge in [-0.05, 0) is 30.3 Å². The SMILES string of the molecule is CC(=O)N1CCN(c2ccc(C(=O)Nc3cc(Cl)ccc3O)cc2[N+](=O)[O-])CC1. The summed E-state index contributed by atoms with van der Waals surface area (Å²) in [6.45, 7) is 3.36. The minimum atomic E-state index is -0.612. The van der Waals surface area contributed by atoms with Crippen molar-refractivity contribution in [1.82, 2.24) is 4.90 Å². The van der Waals surface area contributed by atoms with Gasteiger partial charge in [-0.3, -0.25) is 19.7 Å². The summed E-state index contributed by atoms with van der Waals surface area (Å²) >= 11 is 5.87. The summed E-state index contributed by atoms with van der Waals surface area (Å²) in [4.78, 5) is 38.5. The number of aromatic hydroxyl groups is 1. The molecule has 29 heavy (non-hydrogen) atoms. The molecule has 0 aromatic heterocycles. The molecule has 0 spiro atoms. The van der Waals surface area contributed by atoms with Crippen molar-refractivity contribution in [2.24, 2.45) is 0 Å². The van der Waals surface area contributed by atoms with Crippen LogP contribution in [0.25, 0.3) is 0 Å². The normalized spacial score (nSPS) is 13.9. The highest BCUT2D eigenvalue weighted by Gasteiger charge is 2.26. The van der Waals surface area contributed by atoms with Gasteiger partial charge < -0.3 is 20.2 Å². The molecule has 152 valence electrons. The largest absolute Gasteiger partial charge is 0.506 e. The molecule has 1 aliphatic heterocycles. The second-order valence-electron chi connectivity index (χ2n) is 6.57. The number of rotatable bonds is 4. The number of phenolic OH excluding ortho intramolecular Hbond substituents is 1. The Kier molecular flexibility index (Phi) is 5.88. The number of phenols is 1. The number of benzene rings is 2. The number of hydrogen-bond acceptors (Lipinski definition) is 6. The van der Waals surface area contributed by atoms with Crippen LogP contribution in [0.1, 0.15) is 17.3 Å². The molecule has 2 aromatic rings. The van der Waals surface area contributed by atoms with Crippen LogP contribution in [-0.2, 0) is 4.79 Å². The minimum absolute atomic E-state index is 0.0320. The van der Waals surface area contributed by atoms with E-state index in [1.807, 2.05) is 4.90 Å². The van der Waals surface area contributed by atoms with Gasteiger partial charge in [-0.1, -0.05) is 11.6 Å². The first-order chi connectivity index (χ1) is 13.8. The first-order valence-corrected chi connectivity index (χ1v) is 9.23. The second kappa shape index (κ2) is 8.36. The maximum Gasteiger partial charge on any atom is 0.293 e. The van der Waals surface area contributed by atoms with Crippen molar-refractivity contribution in [1.29, 1.82) is 0 Å². The molecule has 0 atom stereocenters. The molecule has 10 heteroatoms. The Hall–Kier alpha value is -3.33. The van der Waals surface area contributed by atoms with Gasteiger partial charge in [0, 0.05) is 49.8 Å². The zero-order valence-corrected chi connectivity index (χ0v) is 16.3. The Bertz CT molecular complexity index is 973. The van der Waals surface area contributed by atoms with Crippen LogP contribution in [0, 0.1) is 10.1 Å². The van der Waals surface area contributed by atoms with E-state index in [9.17, 15) is 24.8 Å². The zero-order valence-electron chi connectivity index (χ0n) is 15.6. The number of amides is 2. The third-order valence-corrected chi connectivity index (χ3v) is 4.94. The molecule has 0 aliphatic carbocycles. The number of anilines is 2. The highest BCUT2D eigenvalue weighted by molar-refractivity contribution is 6.31. The third-order valence-electron chi connectivity index (χ3n) is 4.71. The molecule has 2 N–H and O–H groups in total. The molecule has 0 unspecified atom stereocenters. The quantitative estimate of drug-likeness (QED) is 0.448. The minimum Gasteiger partial charge on any atom is -0.506 e. The van der Waals surface area contributed by atoms with Crippen molar-refractivity contribution >= 4 is 40.5 Å². The topological polar surface area (TPSA) is 116 Å². The summed E-state index contributed by atoms with van der Waals surface area (Å²) in [6.07, 6.45) is 0. The molecule has 0 saturated carbocycles. The van der Waals surface area contributed by atoms with Crippen LogP contribution in [-0.4, -0.2) is 52.9 Å². The number of nitro benzene ring substituents is 1. The number of halogens is 1. The molecular formula is C19H19ClN4O5. The van der Waals surface area contributed by atoms with Crippen molar-refractivity contribution < 1.29 is 19.6 Å². The monoisotopic (exact) mass is 418 g/mol. The van der Waals surface area contributed by atoms with Gasteiger partial charge in [0.2, 0.25) is 5.91 Å². The van der Waals surface area contributed by atoms with Gasteiger partial charge in [0.05, 0.1) is 10.6 Å². The Morgan fingerprint density at radius 3 is 2.45 bits per heavy atom. The first-order valence-electron chi connectivity index (χ1n) is 8.85. The van der Waals surface area contributed by atoms with Gasteiger partial charge in [0.1, 0.15) is 11.4 Å². The highest BCUT2D eigenvalue weighted by atomic mass is 35.5. The zero-order chi connectivity index (χ0) is 21.1. The van der Waals surface area contributed by atoms with Crippen molar-refractivity contribution in [3.63, 3.8) is 0 Å². The fraction of sp³-hybridized carbons (Fsp3) is 0.263. The number of piperazine rings is 1. The standard InChI is InChI=1S/C19H19ClN4O5/c1-12(25)22-6-8-23(9-7-22)16-4-2-13(10-17(16)24(28)29)19(27)21-15-11-14(20)3-5-18(15)26/h2-5,10-11,26H,6-9H2,1H3,(H,21,27). The Morgan fingerprint density at radius 1 is 1.14 bits per heavy atom. The molecule has 1 saturated heterocycles. The van der Waals surface area contributed by atoms with Crippen molar-refractivity contribution in [3.8, 4) is 5.75 Å². The van der Waals surface area contributed by atoms with Crippen LogP contribution < -0.4 is 10.2 Å². The number of carbonyl (C=O) groups excluding carboxylic acids is 2. The van der Waals surface area contributed by atoms with E-state index in [4.69, 9.17) is 11.6 Å². The van der Waals surface area contributed by atoms with E-state index in [2.05, 4.69) is 5.32 Å². The summed E-state index contributed by atoms with van der Waals surface area (Å²) in [7, 11) is 0. The van der Waals surface area contributed by atoms with E-state index in [0.29, 0.717) is 36.9 Å². The lowest BCUT2D eigenvalue weighted by atomic mass is 10.1. The lowest BCUT2D eigenvalue weighted by Crippen LogP contribution is -2.48. The fourth-order valence-corrected chi connectivity index (χ4v) is 3.32. The van der Waals surface area contributed by atoms with Crippen molar-refractivity contribution in [2.45, 2.75) is 6.92 Å². The summed E-state index contributed by atoms with van der Waals surface area (Å²) < 4.78 is 0. The molecule has 9 nitrogen and oxygen atoms in total. The fourth-order valence-electron chi connectivity index (χ4n) is 3.14. The number of carbonyl (C=O) groups is 2. The van der Waals surface area contributed by atoms with Gasteiger partial charge in [-0.2, -0.15) is 0 Å². The average Bonchev–Trinajstić information content (AvgIpc) is 2.70. The predicted molar refractivity (Wildman–Crippen MR) is 109 cm³/mol. The molecule has 0 radical (unpaired) electrons. The van der Waals surface area contributed by atoms with E-state index >= 15 is 0 Å². The number of nitrogens with one attached hydrogen (secondary N) is 1. The Labute approximate surface area is 171 Å². The maximum atomic E-state index is 12.5. The highest BCUT2D eigenvalue weighted by Crippen LogP contribution is 2.31. The van der Waals surface area contributed by atoms with Crippen molar-refractivity contribution in [3.05, 3.63) is 57.1 Å². The van der Waals surface area contributed by atoms with Gasteiger partial charge in [0.25, 0.3) is 11.6 Å². The van der Waals surface area contributed by atoms with E-state index in [1.165, 1.54) is 43.3 Å². The Morgan fingerprint density at radius 2 is 1.83 bits per heavy atom. The summed E-state index contributed by atoms with van der Waals surface area (Å²) in [5.74, 6) is -0.814. The number of nitrogens with zero attached hydrogens (tertiary/aromatic N) is 3. The molecule has 1 fully saturated rings. The smallest absolute Gasteiger partial charge is 0.293 e. The van der Waals surface area contributed by atoms with Gasteiger partial charge in [-0.25, -0.2) is 0 Å². The molecular weight excluding hydrogens is 400 g/mol. The van der Waals surface area contributed by atoms with E-state index in [0.717, 1.165) is 0 Å². The third kappa shape index (κ3) is 4.57. The van der Waals surface area contributed by atoms with Crippen LogP contribution in [0.3, 0.4) is 0 Å². The predicted octanol–water partition coefficient (Wildman–Crippen LogP) is 2.87. The van der Waals surface area contributed by atoms with Crippen LogP contribution >= 0.6 is 11.6 Å². The van der Waals surface area contributed by atoms with Crippen LogP contribution in [0.2, 0.25) is 5.02 Å². The lowest BCUT2D eigenvalue weighted by molar-refractivity contribution is -0.384. The number of hydrogen-bond donors (Lipinski definition) is 2. The second-order valence-corrected chi connectivity index (χ2v) is 7.01. The average molecular weight is 419 g/mol. The molecule has 3 rings (SSSR count).